The number of aromatic carboxylic acids is 1. The van der Waals surface area contributed by atoms with Crippen LogP contribution in [0, 0.1) is 6.92 Å². The molecule has 7 heteroatoms. The van der Waals surface area contributed by atoms with Gasteiger partial charge in [0, 0.05) is 5.02 Å². The Bertz CT molecular complexity index is 687. The number of carboxylic acids is 1. The number of imidazole rings is 1. The number of aromatic nitrogens is 2. The Hall–Kier alpha value is -2.21. The van der Waals surface area contributed by atoms with E-state index in [0.29, 0.717) is 16.3 Å². The molecule has 1 aromatic heterocycles. The van der Waals surface area contributed by atoms with Gasteiger partial charge in [-0.25, -0.2) is 9.59 Å². The zero-order chi connectivity index (χ0) is 13.4. The summed E-state index contributed by atoms with van der Waals surface area (Å²) in [6, 6.07) is 4.89. The molecule has 0 saturated carbocycles. The Morgan fingerprint density at radius 3 is 2.78 bits per heavy atom. The number of carboxylic acid groups (broad SMARTS) is 1. The Labute approximate surface area is 107 Å². The van der Waals surface area contributed by atoms with Gasteiger partial charge in [-0.15, -0.1) is 0 Å². The summed E-state index contributed by atoms with van der Waals surface area (Å²) in [5, 5.41) is 9.53. The smallest absolute Gasteiger partial charge is 0.356 e. The monoisotopic (exact) mass is 267 g/mol. The number of hydrogen-bond donors (Lipinski definition) is 3. The fraction of sp³-hybridized carbons (Fsp3) is 0.0909. The van der Waals surface area contributed by atoms with Gasteiger partial charge in [0.1, 0.15) is 5.82 Å². The molecule has 0 spiro atoms. The number of nitrogens with two attached hydrogens (primary N) is 1. The minimum atomic E-state index is -1.29. The molecule has 2 aromatic rings. The van der Waals surface area contributed by atoms with Crippen LogP contribution >= 0.6 is 11.6 Å². The number of carbonyl (C=O) groups is 1. The summed E-state index contributed by atoms with van der Waals surface area (Å²) < 4.78 is 0.999. The standard InChI is InChI=1S/C11H10ClN3O3/c1-5-6(12)3-2-4-7(5)15-8(10(16)17)9(13)14-11(15)18/h2-4H,13H2,1H3,(H,14,18)(H,16,17). The second-order valence-electron chi connectivity index (χ2n) is 3.72. The Balaban J connectivity index is 2.83. The molecule has 0 unspecified atom stereocenters. The quantitative estimate of drug-likeness (QED) is 0.765. The summed E-state index contributed by atoms with van der Waals surface area (Å²) in [6.07, 6.45) is 0. The third kappa shape index (κ3) is 1.76. The van der Waals surface area contributed by atoms with Crippen LogP contribution in [0.3, 0.4) is 0 Å². The van der Waals surface area contributed by atoms with Crippen molar-refractivity contribution < 1.29 is 9.90 Å². The fourth-order valence-electron chi connectivity index (χ4n) is 1.73. The number of H-pyrrole nitrogens is 1. The lowest BCUT2D eigenvalue weighted by Crippen LogP contribution is -2.20. The number of halogens is 1. The maximum atomic E-state index is 11.8. The van der Waals surface area contributed by atoms with Crippen LogP contribution in [0.25, 0.3) is 5.69 Å². The lowest BCUT2D eigenvalue weighted by Gasteiger charge is -2.09. The first kappa shape index (κ1) is 12.3. The Kier molecular flexibility index (Phi) is 2.88. The predicted octanol–water partition coefficient (Wildman–Crippen LogP) is 1.41. The Morgan fingerprint density at radius 2 is 2.17 bits per heavy atom. The van der Waals surface area contributed by atoms with E-state index < -0.39 is 11.7 Å². The third-order valence-electron chi connectivity index (χ3n) is 2.61. The van der Waals surface area contributed by atoms with Gasteiger partial charge in [0.2, 0.25) is 0 Å². The van der Waals surface area contributed by atoms with Crippen molar-refractivity contribution in [1.82, 2.24) is 9.55 Å². The van der Waals surface area contributed by atoms with Gasteiger partial charge in [0.15, 0.2) is 5.69 Å². The molecule has 0 saturated heterocycles. The molecule has 0 aliphatic carbocycles. The van der Waals surface area contributed by atoms with Crippen molar-refractivity contribution in [3.8, 4) is 5.69 Å². The van der Waals surface area contributed by atoms with E-state index in [2.05, 4.69) is 4.98 Å². The minimum absolute atomic E-state index is 0.188. The van der Waals surface area contributed by atoms with Crippen molar-refractivity contribution >= 4 is 23.4 Å². The predicted molar refractivity (Wildman–Crippen MR) is 67.5 cm³/mol. The van der Waals surface area contributed by atoms with Crippen LogP contribution in [0.15, 0.2) is 23.0 Å². The molecule has 1 aromatic carbocycles. The second kappa shape index (κ2) is 4.23. The minimum Gasteiger partial charge on any atom is -0.476 e. The highest BCUT2D eigenvalue weighted by molar-refractivity contribution is 6.31. The molecule has 1 heterocycles. The molecule has 6 nitrogen and oxygen atoms in total. The highest BCUT2D eigenvalue weighted by Gasteiger charge is 2.21. The zero-order valence-corrected chi connectivity index (χ0v) is 10.2. The summed E-state index contributed by atoms with van der Waals surface area (Å²) in [6.45, 7) is 1.69. The average Bonchev–Trinajstić information content (AvgIpc) is 2.57. The molecule has 0 aliphatic heterocycles. The van der Waals surface area contributed by atoms with Crippen LogP contribution in [0.2, 0.25) is 5.02 Å². The highest BCUT2D eigenvalue weighted by Crippen LogP contribution is 2.23. The summed E-state index contributed by atoms with van der Waals surface area (Å²) in [5.74, 6) is -1.47. The number of anilines is 1. The molecule has 0 bridgehead atoms. The summed E-state index contributed by atoms with van der Waals surface area (Å²) >= 11 is 5.95. The molecule has 18 heavy (non-hydrogen) atoms. The number of benzene rings is 1. The molecule has 4 N–H and O–H groups in total. The van der Waals surface area contributed by atoms with E-state index >= 15 is 0 Å². The molecular formula is C11H10ClN3O3. The fourth-order valence-corrected chi connectivity index (χ4v) is 1.90. The number of nitrogens with zero attached hydrogens (tertiary/aromatic N) is 1. The lowest BCUT2D eigenvalue weighted by molar-refractivity contribution is 0.0689. The van der Waals surface area contributed by atoms with E-state index in [0.717, 1.165) is 4.57 Å². The van der Waals surface area contributed by atoms with Crippen molar-refractivity contribution in [2.45, 2.75) is 6.92 Å². The van der Waals surface area contributed by atoms with E-state index in [-0.39, 0.29) is 11.5 Å². The average molecular weight is 268 g/mol. The van der Waals surface area contributed by atoms with Gasteiger partial charge in [-0.2, -0.15) is 0 Å². The first-order valence-corrected chi connectivity index (χ1v) is 5.40. The largest absolute Gasteiger partial charge is 0.476 e. The number of nitrogens with one attached hydrogen (secondary N) is 1. The number of hydrogen-bond acceptors (Lipinski definition) is 3. The van der Waals surface area contributed by atoms with Gasteiger partial charge in [-0.05, 0) is 24.6 Å². The van der Waals surface area contributed by atoms with Crippen LogP contribution in [0.5, 0.6) is 0 Å². The molecular weight excluding hydrogens is 258 g/mol. The topological polar surface area (TPSA) is 101 Å². The number of rotatable bonds is 2. The van der Waals surface area contributed by atoms with Gasteiger partial charge in [-0.3, -0.25) is 9.55 Å². The van der Waals surface area contributed by atoms with Gasteiger partial charge in [0.25, 0.3) is 0 Å². The van der Waals surface area contributed by atoms with Crippen LogP contribution in [0.1, 0.15) is 16.1 Å². The number of aromatic amines is 1. The van der Waals surface area contributed by atoms with E-state index in [4.69, 9.17) is 22.4 Å². The van der Waals surface area contributed by atoms with Gasteiger partial charge in [-0.1, -0.05) is 17.7 Å². The van der Waals surface area contributed by atoms with Crippen molar-refractivity contribution in [3.05, 3.63) is 45.0 Å². The molecule has 2 rings (SSSR count). The molecule has 0 fully saturated rings. The normalized spacial score (nSPS) is 10.6. The van der Waals surface area contributed by atoms with E-state index in [1.165, 1.54) is 0 Å². The molecule has 0 atom stereocenters. The van der Waals surface area contributed by atoms with Crippen molar-refractivity contribution in [2.75, 3.05) is 5.73 Å². The zero-order valence-electron chi connectivity index (χ0n) is 9.40. The Morgan fingerprint density at radius 1 is 1.50 bits per heavy atom. The summed E-state index contributed by atoms with van der Waals surface area (Å²) in [7, 11) is 0. The van der Waals surface area contributed by atoms with Crippen molar-refractivity contribution in [2.24, 2.45) is 0 Å². The summed E-state index contributed by atoms with van der Waals surface area (Å²) in [4.78, 5) is 25.1. The second-order valence-corrected chi connectivity index (χ2v) is 4.12. The first-order valence-electron chi connectivity index (χ1n) is 5.02. The highest BCUT2D eigenvalue weighted by atomic mass is 35.5. The third-order valence-corrected chi connectivity index (χ3v) is 3.02. The van der Waals surface area contributed by atoms with E-state index in [9.17, 15) is 9.59 Å². The van der Waals surface area contributed by atoms with Crippen molar-refractivity contribution in [1.29, 1.82) is 0 Å². The van der Waals surface area contributed by atoms with Crippen molar-refractivity contribution in [3.63, 3.8) is 0 Å². The molecule has 0 aliphatic rings. The van der Waals surface area contributed by atoms with Crippen LogP contribution in [-0.2, 0) is 0 Å². The van der Waals surface area contributed by atoms with Crippen LogP contribution in [0.4, 0.5) is 5.82 Å². The first-order chi connectivity index (χ1) is 8.43. The SMILES string of the molecule is Cc1c(Cl)cccc1-n1c(C(=O)O)c(N)[nH]c1=O. The maximum Gasteiger partial charge on any atom is 0.356 e. The van der Waals surface area contributed by atoms with E-state index in [1.54, 1.807) is 25.1 Å². The molecule has 94 valence electrons. The van der Waals surface area contributed by atoms with Crippen LogP contribution < -0.4 is 11.4 Å². The molecule has 0 amide bonds. The lowest BCUT2D eigenvalue weighted by atomic mass is 10.2. The van der Waals surface area contributed by atoms with E-state index in [1.807, 2.05) is 0 Å². The van der Waals surface area contributed by atoms with Gasteiger partial charge >= 0.3 is 11.7 Å². The summed E-state index contributed by atoms with van der Waals surface area (Å²) in [5.41, 5.74) is 5.55. The van der Waals surface area contributed by atoms with Gasteiger partial charge < -0.3 is 10.8 Å². The molecule has 0 radical (unpaired) electrons. The number of nitrogen functional groups attached to an aromatic ring is 1. The van der Waals surface area contributed by atoms with Gasteiger partial charge in [0.05, 0.1) is 5.69 Å². The maximum absolute atomic E-state index is 11.8. The van der Waals surface area contributed by atoms with Crippen LogP contribution in [-0.4, -0.2) is 20.6 Å².